The molecule has 1 aromatic rings. The van der Waals surface area contributed by atoms with Gasteiger partial charge in [-0.3, -0.25) is 4.90 Å². The monoisotopic (exact) mass is 446 g/mol. The minimum absolute atomic E-state index is 0. The number of rotatable bonds is 8. The molecule has 1 N–H and O–H groups in total. The van der Waals surface area contributed by atoms with Crippen molar-refractivity contribution in [2.24, 2.45) is 17.8 Å². The zero-order valence-electron chi connectivity index (χ0n) is 17.4. The van der Waals surface area contributed by atoms with Crippen LogP contribution in [0.15, 0.2) is 24.3 Å². The molecule has 0 radical (unpaired) electrons. The summed E-state index contributed by atoms with van der Waals surface area (Å²) in [5.41, 5.74) is 1.24. The summed E-state index contributed by atoms with van der Waals surface area (Å²) < 4.78 is 11.1. The highest BCUT2D eigenvalue weighted by Gasteiger charge is 2.39. The van der Waals surface area contributed by atoms with Gasteiger partial charge in [0.05, 0.1) is 19.8 Å². The molecular weight excluding hydrogens is 411 g/mol. The third kappa shape index (κ3) is 6.38. The number of hydrogen-bond donors (Lipinski definition) is 1. The first kappa shape index (κ1) is 24.5. The van der Waals surface area contributed by atoms with Gasteiger partial charge in [0.1, 0.15) is 5.75 Å². The van der Waals surface area contributed by atoms with Gasteiger partial charge in [0.25, 0.3) is 0 Å². The van der Waals surface area contributed by atoms with Crippen molar-refractivity contribution in [2.45, 2.75) is 31.8 Å². The lowest BCUT2D eigenvalue weighted by Crippen LogP contribution is -2.49. The van der Waals surface area contributed by atoms with Crippen molar-refractivity contribution >= 4 is 30.5 Å². The van der Waals surface area contributed by atoms with Crippen molar-refractivity contribution in [3.05, 3.63) is 24.3 Å². The molecule has 4 atom stereocenters. The molecule has 4 rings (SSSR count). The van der Waals surface area contributed by atoms with E-state index in [1.54, 1.807) is 7.11 Å². The number of hydrogen-bond acceptors (Lipinski definition) is 5. The van der Waals surface area contributed by atoms with Gasteiger partial charge in [-0.2, -0.15) is 0 Å². The molecule has 0 spiro atoms. The number of halogens is 2. The van der Waals surface area contributed by atoms with Crippen LogP contribution in [0.4, 0.5) is 5.69 Å². The maximum absolute atomic E-state index is 10.4. The van der Waals surface area contributed by atoms with E-state index in [0.717, 1.165) is 56.3 Å². The summed E-state index contributed by atoms with van der Waals surface area (Å²) in [6, 6.07) is 8.26. The van der Waals surface area contributed by atoms with Crippen LogP contribution < -0.4 is 9.64 Å². The fraction of sp³-hybridized carbons (Fsp3) is 0.727. The normalized spacial score (nSPS) is 27.2. The van der Waals surface area contributed by atoms with Gasteiger partial charge in [-0.15, -0.1) is 24.8 Å². The first-order chi connectivity index (χ1) is 13.2. The molecule has 0 aromatic heterocycles. The van der Waals surface area contributed by atoms with Crippen molar-refractivity contribution in [3.8, 4) is 5.75 Å². The van der Waals surface area contributed by atoms with E-state index in [9.17, 15) is 5.11 Å². The van der Waals surface area contributed by atoms with Crippen LogP contribution in [0, 0.1) is 17.8 Å². The predicted molar refractivity (Wildman–Crippen MR) is 122 cm³/mol. The second-order valence-electron chi connectivity index (χ2n) is 8.61. The minimum Gasteiger partial charge on any atom is -0.497 e. The van der Waals surface area contributed by atoms with E-state index in [-0.39, 0.29) is 30.9 Å². The molecule has 1 aliphatic heterocycles. The first-order valence-corrected chi connectivity index (χ1v) is 10.6. The number of piperazine rings is 1. The Bertz CT molecular complexity index is 596. The molecule has 0 amide bonds. The summed E-state index contributed by atoms with van der Waals surface area (Å²) in [5, 5.41) is 10.4. The van der Waals surface area contributed by atoms with Gasteiger partial charge in [-0.1, -0.05) is 6.42 Å². The van der Waals surface area contributed by atoms with Gasteiger partial charge in [0, 0.05) is 45.0 Å². The van der Waals surface area contributed by atoms with Crippen molar-refractivity contribution in [1.29, 1.82) is 0 Å². The molecule has 7 heteroatoms. The molecule has 29 heavy (non-hydrogen) atoms. The van der Waals surface area contributed by atoms with E-state index in [0.29, 0.717) is 13.2 Å². The van der Waals surface area contributed by atoms with Crippen LogP contribution in [0.3, 0.4) is 0 Å². The summed E-state index contributed by atoms with van der Waals surface area (Å²) in [6.45, 7) is 5.99. The topological polar surface area (TPSA) is 45.2 Å². The van der Waals surface area contributed by atoms with Gasteiger partial charge < -0.3 is 19.5 Å². The highest BCUT2D eigenvalue weighted by Crippen LogP contribution is 2.48. The number of aliphatic hydroxyl groups is 1. The first-order valence-electron chi connectivity index (χ1n) is 10.6. The Morgan fingerprint density at radius 1 is 1.03 bits per heavy atom. The molecule has 2 saturated carbocycles. The Balaban J connectivity index is 0.00000150. The fourth-order valence-corrected chi connectivity index (χ4v) is 5.27. The van der Waals surface area contributed by atoms with E-state index in [4.69, 9.17) is 9.47 Å². The number of aliphatic hydroxyl groups excluding tert-OH is 1. The number of nitrogens with zero attached hydrogens (tertiary/aromatic N) is 2. The van der Waals surface area contributed by atoms with Gasteiger partial charge >= 0.3 is 0 Å². The second kappa shape index (κ2) is 11.6. The number of benzene rings is 1. The Morgan fingerprint density at radius 2 is 1.76 bits per heavy atom. The second-order valence-corrected chi connectivity index (χ2v) is 8.61. The highest BCUT2D eigenvalue weighted by molar-refractivity contribution is 5.85. The van der Waals surface area contributed by atoms with E-state index in [1.165, 1.54) is 31.4 Å². The molecule has 1 heterocycles. The number of fused-ring (bicyclic) bond motifs is 2. The fourth-order valence-electron chi connectivity index (χ4n) is 5.27. The Labute approximate surface area is 187 Å². The van der Waals surface area contributed by atoms with Crippen molar-refractivity contribution in [1.82, 2.24) is 4.90 Å². The van der Waals surface area contributed by atoms with Crippen LogP contribution >= 0.6 is 24.8 Å². The lowest BCUT2D eigenvalue weighted by Gasteiger charge is -2.37. The lowest BCUT2D eigenvalue weighted by molar-refractivity contribution is -0.00274. The number of methoxy groups -OCH3 is 1. The van der Waals surface area contributed by atoms with Crippen LogP contribution in [-0.4, -0.2) is 69.2 Å². The van der Waals surface area contributed by atoms with E-state index in [1.807, 2.05) is 12.1 Å². The maximum atomic E-state index is 10.4. The third-order valence-electron chi connectivity index (χ3n) is 6.81. The molecule has 3 aliphatic rings. The summed E-state index contributed by atoms with van der Waals surface area (Å²) in [4.78, 5) is 4.75. The molecule has 4 unspecified atom stereocenters. The predicted octanol–water partition coefficient (Wildman–Crippen LogP) is 3.47. The van der Waals surface area contributed by atoms with Gasteiger partial charge in [-0.25, -0.2) is 0 Å². The summed E-state index contributed by atoms with van der Waals surface area (Å²) >= 11 is 0. The highest BCUT2D eigenvalue weighted by atomic mass is 35.5. The van der Waals surface area contributed by atoms with Crippen LogP contribution in [0.5, 0.6) is 5.75 Å². The lowest BCUT2D eigenvalue weighted by atomic mass is 9.90. The molecule has 1 saturated heterocycles. The maximum Gasteiger partial charge on any atom is 0.119 e. The molecule has 3 fully saturated rings. The zero-order valence-corrected chi connectivity index (χ0v) is 19.0. The van der Waals surface area contributed by atoms with Gasteiger partial charge in [-0.05, 0) is 61.3 Å². The Kier molecular flexibility index (Phi) is 9.83. The van der Waals surface area contributed by atoms with Gasteiger partial charge in [0.15, 0.2) is 0 Å². The molecule has 166 valence electrons. The molecule has 5 nitrogen and oxygen atoms in total. The molecule has 2 bridgehead atoms. The molecule has 2 aliphatic carbocycles. The van der Waals surface area contributed by atoms with Crippen molar-refractivity contribution in [3.63, 3.8) is 0 Å². The quantitative estimate of drug-likeness (QED) is 0.661. The molecular formula is C22H36Cl2N2O3. The van der Waals surface area contributed by atoms with E-state index in [2.05, 4.69) is 21.9 Å². The molecule has 1 aromatic carbocycles. The average Bonchev–Trinajstić information content (AvgIpc) is 3.32. The average molecular weight is 447 g/mol. The van der Waals surface area contributed by atoms with E-state index >= 15 is 0 Å². The smallest absolute Gasteiger partial charge is 0.119 e. The van der Waals surface area contributed by atoms with Gasteiger partial charge in [0.2, 0.25) is 0 Å². The number of β-amino-alcohol motifs (C(OH)–C–C–N with tert-alkyl or cyclic N) is 1. The van der Waals surface area contributed by atoms with E-state index < -0.39 is 0 Å². The number of anilines is 1. The largest absolute Gasteiger partial charge is 0.497 e. The Hall–Kier alpha value is -0.720. The zero-order chi connectivity index (χ0) is 18.6. The third-order valence-corrected chi connectivity index (χ3v) is 6.81. The van der Waals surface area contributed by atoms with Crippen molar-refractivity contribution < 1.29 is 14.6 Å². The van der Waals surface area contributed by atoms with Crippen LogP contribution in [0.25, 0.3) is 0 Å². The summed E-state index contributed by atoms with van der Waals surface area (Å²) in [7, 11) is 1.70. The van der Waals surface area contributed by atoms with Crippen LogP contribution in [0.2, 0.25) is 0 Å². The standard InChI is InChI=1S/C22H34N2O3.2ClH/c1-26-22-6-4-20(5-7-22)24-10-8-23(9-11-24)14-21(25)16-27-15-19-13-17-2-3-18(19)12-17;;/h4-7,17-19,21,25H,2-3,8-16H2,1H3;2*1H. The van der Waals surface area contributed by atoms with Crippen LogP contribution in [-0.2, 0) is 4.74 Å². The summed E-state index contributed by atoms with van der Waals surface area (Å²) in [5.74, 6) is 3.52. The van der Waals surface area contributed by atoms with Crippen LogP contribution in [0.1, 0.15) is 25.7 Å². The number of ether oxygens (including phenoxy) is 2. The Morgan fingerprint density at radius 3 is 2.34 bits per heavy atom. The minimum atomic E-state index is -0.379. The van der Waals surface area contributed by atoms with Crippen molar-refractivity contribution in [2.75, 3.05) is 57.9 Å². The SMILES string of the molecule is COc1ccc(N2CCN(CC(O)COCC3CC4CCC3C4)CC2)cc1.Cl.Cl. The summed E-state index contributed by atoms with van der Waals surface area (Å²) in [6.07, 6.45) is 5.24.